The molecule has 2 aliphatic heterocycles. The number of hydrogen-bond acceptors (Lipinski definition) is 8. The lowest BCUT2D eigenvalue weighted by molar-refractivity contribution is 0.0950. The third kappa shape index (κ3) is 3.75. The van der Waals surface area contributed by atoms with E-state index in [1.807, 2.05) is 12.1 Å². The molecule has 1 saturated heterocycles. The molecule has 158 valence electrons. The Morgan fingerprint density at radius 3 is 2.71 bits per heavy atom. The standard InChI is InChI=1S/C22H21N5O4/c1-26-7-9-27(10-8-26)16-5-2-4-14-17(28)13-19(31-21(14)16)22(29)23-20-12-15(24-25-20)18-6-3-11-30-18/h2-6,11,13H,7-10,12H2,1H3,(H,23,25,29). The Hall–Kier alpha value is -3.72. The number of piperazine rings is 1. The number of carbonyl (C=O) groups excluding carboxylic acids is 1. The van der Waals surface area contributed by atoms with Crippen LogP contribution in [0.4, 0.5) is 5.69 Å². The summed E-state index contributed by atoms with van der Waals surface area (Å²) < 4.78 is 11.3. The number of amides is 1. The molecule has 9 nitrogen and oxygen atoms in total. The van der Waals surface area contributed by atoms with E-state index in [0.717, 1.165) is 31.9 Å². The van der Waals surface area contributed by atoms with Crippen LogP contribution in [0.3, 0.4) is 0 Å². The third-order valence-electron chi connectivity index (χ3n) is 5.49. The quantitative estimate of drug-likeness (QED) is 0.697. The molecule has 5 rings (SSSR count). The lowest BCUT2D eigenvalue weighted by Crippen LogP contribution is -2.44. The Labute approximate surface area is 177 Å². The third-order valence-corrected chi connectivity index (χ3v) is 5.49. The Bertz CT molecular complexity index is 1250. The summed E-state index contributed by atoms with van der Waals surface area (Å²) in [6, 6.07) is 10.2. The van der Waals surface area contributed by atoms with Gasteiger partial charge >= 0.3 is 0 Å². The first-order valence-corrected chi connectivity index (χ1v) is 10.1. The van der Waals surface area contributed by atoms with Crippen LogP contribution in [-0.2, 0) is 0 Å². The maximum atomic E-state index is 12.8. The maximum absolute atomic E-state index is 12.8. The number of amidine groups is 1. The first-order chi connectivity index (χ1) is 15.1. The van der Waals surface area contributed by atoms with E-state index in [4.69, 9.17) is 8.83 Å². The summed E-state index contributed by atoms with van der Waals surface area (Å²) in [6.07, 6.45) is 1.87. The second kappa shape index (κ2) is 7.84. The molecule has 1 amide bonds. The van der Waals surface area contributed by atoms with Crippen LogP contribution >= 0.6 is 0 Å². The van der Waals surface area contributed by atoms with Gasteiger partial charge in [-0.15, -0.1) is 10.2 Å². The second-order valence-electron chi connectivity index (χ2n) is 7.62. The van der Waals surface area contributed by atoms with E-state index in [2.05, 4.69) is 32.4 Å². The molecule has 0 saturated carbocycles. The molecule has 1 N–H and O–H groups in total. The number of furan rings is 1. The van der Waals surface area contributed by atoms with Gasteiger partial charge in [-0.05, 0) is 31.3 Å². The first-order valence-electron chi connectivity index (χ1n) is 10.1. The minimum atomic E-state index is -0.540. The molecule has 0 radical (unpaired) electrons. The van der Waals surface area contributed by atoms with E-state index in [0.29, 0.717) is 34.7 Å². The molecule has 0 unspecified atom stereocenters. The van der Waals surface area contributed by atoms with Crippen molar-refractivity contribution in [1.29, 1.82) is 0 Å². The molecule has 0 aliphatic carbocycles. The van der Waals surface area contributed by atoms with Crippen molar-refractivity contribution in [3.63, 3.8) is 0 Å². The molecule has 3 aromatic rings. The molecule has 4 heterocycles. The van der Waals surface area contributed by atoms with Gasteiger partial charge in [-0.1, -0.05) is 6.07 Å². The minimum absolute atomic E-state index is 0.0618. The van der Waals surface area contributed by atoms with E-state index in [9.17, 15) is 9.59 Å². The Morgan fingerprint density at radius 1 is 1.10 bits per heavy atom. The zero-order valence-electron chi connectivity index (χ0n) is 17.0. The van der Waals surface area contributed by atoms with Crippen molar-refractivity contribution in [1.82, 2.24) is 10.2 Å². The highest BCUT2D eigenvalue weighted by molar-refractivity contribution is 6.17. The van der Waals surface area contributed by atoms with Gasteiger partial charge in [-0.3, -0.25) is 9.59 Å². The number of benzene rings is 1. The fraction of sp³-hybridized carbons (Fsp3) is 0.273. The minimum Gasteiger partial charge on any atom is -0.463 e. The van der Waals surface area contributed by atoms with Crippen molar-refractivity contribution in [3.8, 4) is 0 Å². The fourth-order valence-electron chi connectivity index (χ4n) is 3.76. The van der Waals surface area contributed by atoms with Crippen molar-refractivity contribution in [2.75, 3.05) is 38.1 Å². The van der Waals surface area contributed by atoms with E-state index in [1.165, 1.54) is 6.07 Å². The summed E-state index contributed by atoms with van der Waals surface area (Å²) in [5, 5.41) is 11.2. The number of fused-ring (bicyclic) bond motifs is 1. The van der Waals surface area contributed by atoms with Crippen molar-refractivity contribution < 1.29 is 13.6 Å². The van der Waals surface area contributed by atoms with Crippen LogP contribution in [0.5, 0.6) is 0 Å². The smallest absolute Gasteiger partial charge is 0.292 e. The van der Waals surface area contributed by atoms with Crippen molar-refractivity contribution in [2.24, 2.45) is 10.2 Å². The average molecular weight is 419 g/mol. The van der Waals surface area contributed by atoms with Gasteiger partial charge in [0.2, 0.25) is 0 Å². The highest BCUT2D eigenvalue weighted by Crippen LogP contribution is 2.27. The lowest BCUT2D eigenvalue weighted by Gasteiger charge is -2.34. The van der Waals surface area contributed by atoms with Gasteiger partial charge in [0.25, 0.3) is 5.91 Å². The van der Waals surface area contributed by atoms with Gasteiger partial charge in [0.1, 0.15) is 17.3 Å². The van der Waals surface area contributed by atoms with Crippen LogP contribution in [0.15, 0.2) is 66.5 Å². The Balaban J connectivity index is 1.39. The van der Waals surface area contributed by atoms with E-state index >= 15 is 0 Å². The molecule has 0 spiro atoms. The molecule has 31 heavy (non-hydrogen) atoms. The number of rotatable bonds is 3. The Kier molecular flexibility index (Phi) is 4.87. The summed E-state index contributed by atoms with van der Waals surface area (Å²) in [5.74, 6) is 0.364. The molecule has 9 heteroatoms. The largest absolute Gasteiger partial charge is 0.463 e. The number of nitrogens with one attached hydrogen (secondary N) is 1. The van der Waals surface area contributed by atoms with E-state index < -0.39 is 5.91 Å². The van der Waals surface area contributed by atoms with Crippen molar-refractivity contribution in [2.45, 2.75) is 6.42 Å². The maximum Gasteiger partial charge on any atom is 0.292 e. The first kappa shape index (κ1) is 19.3. The van der Waals surface area contributed by atoms with Gasteiger partial charge < -0.3 is 24.0 Å². The normalized spacial score (nSPS) is 17.0. The summed E-state index contributed by atoms with van der Waals surface area (Å²) in [5.41, 5.74) is 1.60. The predicted molar refractivity (Wildman–Crippen MR) is 117 cm³/mol. The number of nitrogens with zero attached hydrogens (tertiary/aromatic N) is 4. The van der Waals surface area contributed by atoms with E-state index in [-0.39, 0.29) is 11.2 Å². The average Bonchev–Trinajstić information content (AvgIpc) is 3.46. The van der Waals surface area contributed by atoms with Crippen molar-refractivity contribution >= 4 is 34.1 Å². The molecule has 2 aliphatic rings. The number of carbonyl (C=O) groups is 1. The molecular formula is C22H21N5O4. The number of para-hydroxylation sites is 1. The number of likely N-dealkylation sites (N-methyl/N-ethyl adjacent to an activating group) is 1. The van der Waals surface area contributed by atoms with Gasteiger partial charge in [0.15, 0.2) is 16.8 Å². The summed E-state index contributed by atoms with van der Waals surface area (Å²) >= 11 is 0. The van der Waals surface area contributed by atoms with Gasteiger partial charge in [0, 0.05) is 32.2 Å². The zero-order valence-corrected chi connectivity index (χ0v) is 17.0. The van der Waals surface area contributed by atoms with E-state index in [1.54, 1.807) is 24.5 Å². The summed E-state index contributed by atoms with van der Waals surface area (Å²) in [6.45, 7) is 3.47. The fourth-order valence-corrected chi connectivity index (χ4v) is 3.76. The van der Waals surface area contributed by atoms with Crippen molar-refractivity contribution in [3.05, 3.63) is 64.4 Å². The molecule has 1 fully saturated rings. The van der Waals surface area contributed by atoms with Crippen LogP contribution in [-0.4, -0.2) is 55.6 Å². The van der Waals surface area contributed by atoms with Crippen LogP contribution in [0.25, 0.3) is 11.0 Å². The zero-order chi connectivity index (χ0) is 21.4. The molecule has 1 aromatic carbocycles. The second-order valence-corrected chi connectivity index (χ2v) is 7.62. The monoisotopic (exact) mass is 419 g/mol. The van der Waals surface area contributed by atoms with Crippen LogP contribution < -0.4 is 15.6 Å². The van der Waals surface area contributed by atoms with Gasteiger partial charge in [0.05, 0.1) is 23.8 Å². The number of hydrogen-bond donors (Lipinski definition) is 1. The molecule has 0 atom stereocenters. The highest BCUT2D eigenvalue weighted by atomic mass is 16.3. The lowest BCUT2D eigenvalue weighted by atomic mass is 10.1. The van der Waals surface area contributed by atoms with Crippen LogP contribution in [0.1, 0.15) is 22.7 Å². The van der Waals surface area contributed by atoms with Crippen LogP contribution in [0, 0.1) is 0 Å². The van der Waals surface area contributed by atoms with Gasteiger partial charge in [-0.2, -0.15) is 0 Å². The topological polar surface area (TPSA) is 104 Å². The highest BCUT2D eigenvalue weighted by Gasteiger charge is 2.23. The Morgan fingerprint density at radius 2 is 1.94 bits per heavy atom. The summed E-state index contributed by atoms with van der Waals surface area (Å²) in [4.78, 5) is 29.9. The van der Waals surface area contributed by atoms with Crippen LogP contribution in [0.2, 0.25) is 0 Å². The number of anilines is 1. The predicted octanol–water partition coefficient (Wildman–Crippen LogP) is 2.07. The molecular weight excluding hydrogens is 398 g/mol. The molecule has 2 aromatic heterocycles. The molecule has 0 bridgehead atoms. The summed E-state index contributed by atoms with van der Waals surface area (Å²) in [7, 11) is 2.08. The SMILES string of the molecule is CN1CCN(c2cccc3c(=O)cc(C(=O)NC4=NN=C(c5ccco5)C4)oc23)CC1. The van der Waals surface area contributed by atoms with Gasteiger partial charge in [-0.25, -0.2) is 0 Å².